The molecule has 5 atom stereocenters. The average molecular weight is 471 g/mol. The number of aliphatic hydroxyl groups is 3. The Morgan fingerprint density at radius 2 is 1.68 bits per heavy atom. The van der Waals surface area contributed by atoms with Crippen molar-refractivity contribution in [3.63, 3.8) is 0 Å². The first kappa shape index (κ1) is 23.4. The molecule has 0 bridgehead atoms. The first-order valence-corrected chi connectivity index (χ1v) is 12.0. The van der Waals surface area contributed by atoms with E-state index in [1.807, 2.05) is 20.8 Å². The Morgan fingerprint density at radius 3 is 2.32 bits per heavy atom. The zero-order valence-electron chi connectivity index (χ0n) is 20.5. The maximum atomic E-state index is 13.1. The molecule has 1 aromatic carbocycles. The van der Waals surface area contributed by atoms with Crippen molar-refractivity contribution in [3.05, 3.63) is 46.3 Å². The van der Waals surface area contributed by atoms with E-state index in [0.29, 0.717) is 48.5 Å². The first-order valence-electron chi connectivity index (χ1n) is 12.0. The minimum absolute atomic E-state index is 0.0734. The highest BCUT2D eigenvalue weighted by Gasteiger charge is 2.77. The van der Waals surface area contributed by atoms with Crippen molar-refractivity contribution in [1.29, 1.82) is 0 Å². The van der Waals surface area contributed by atoms with Crippen LogP contribution in [0.15, 0.2) is 39.5 Å². The van der Waals surface area contributed by atoms with E-state index in [2.05, 4.69) is 0 Å². The van der Waals surface area contributed by atoms with Crippen molar-refractivity contribution in [1.82, 2.24) is 0 Å². The molecule has 7 nitrogen and oxygen atoms in total. The van der Waals surface area contributed by atoms with Gasteiger partial charge in [-0.1, -0.05) is 20.8 Å². The Bertz CT molecular complexity index is 1180. The fourth-order valence-corrected chi connectivity index (χ4v) is 7.01. The van der Waals surface area contributed by atoms with Gasteiger partial charge in [-0.05, 0) is 62.3 Å². The van der Waals surface area contributed by atoms with E-state index in [4.69, 9.17) is 13.9 Å². The van der Waals surface area contributed by atoms with E-state index >= 15 is 0 Å². The minimum Gasteiger partial charge on any atom is -0.497 e. The summed E-state index contributed by atoms with van der Waals surface area (Å²) in [6.07, 6.45) is 0.805. The molecule has 0 saturated heterocycles. The lowest BCUT2D eigenvalue weighted by atomic mass is 9.39. The lowest BCUT2D eigenvalue weighted by Gasteiger charge is -2.71. The molecule has 2 aliphatic carbocycles. The molecule has 0 amide bonds. The molecule has 7 heteroatoms. The van der Waals surface area contributed by atoms with Gasteiger partial charge in [-0.2, -0.15) is 0 Å². The zero-order valence-corrected chi connectivity index (χ0v) is 20.5. The molecule has 0 spiro atoms. The van der Waals surface area contributed by atoms with Crippen molar-refractivity contribution in [2.45, 2.75) is 82.7 Å². The lowest BCUT2D eigenvalue weighted by molar-refractivity contribution is -0.352. The fraction of sp³-hybridized carbons (Fsp3) is 0.593. The van der Waals surface area contributed by atoms with Gasteiger partial charge in [0, 0.05) is 18.1 Å². The van der Waals surface area contributed by atoms with Gasteiger partial charge in [-0.15, -0.1) is 0 Å². The minimum atomic E-state index is -1.69. The van der Waals surface area contributed by atoms with Gasteiger partial charge < -0.3 is 29.2 Å². The third-order valence-corrected chi connectivity index (χ3v) is 9.54. The maximum absolute atomic E-state index is 13.1. The van der Waals surface area contributed by atoms with Crippen LogP contribution in [0.4, 0.5) is 0 Å². The summed E-state index contributed by atoms with van der Waals surface area (Å²) in [5.74, 6) is 1.42. The summed E-state index contributed by atoms with van der Waals surface area (Å²) in [7, 11) is 1.58. The average Bonchev–Trinajstić information content (AvgIpc) is 2.80. The van der Waals surface area contributed by atoms with Gasteiger partial charge in [0.05, 0.1) is 29.8 Å². The smallest absolute Gasteiger partial charge is 0.343 e. The Kier molecular flexibility index (Phi) is 4.88. The third kappa shape index (κ3) is 2.72. The van der Waals surface area contributed by atoms with E-state index < -0.39 is 39.4 Å². The molecule has 2 heterocycles. The van der Waals surface area contributed by atoms with Crippen LogP contribution in [0.2, 0.25) is 0 Å². The van der Waals surface area contributed by atoms with Crippen LogP contribution in [0.3, 0.4) is 0 Å². The van der Waals surface area contributed by atoms with Crippen LogP contribution in [-0.2, 0) is 6.42 Å². The first-order chi connectivity index (χ1) is 15.8. The summed E-state index contributed by atoms with van der Waals surface area (Å²) in [5.41, 5.74) is -5.65. The molecule has 1 aromatic heterocycles. The number of hydrogen-bond donors (Lipinski definition) is 3. The molecule has 1 aliphatic heterocycles. The van der Waals surface area contributed by atoms with E-state index in [1.165, 1.54) is 0 Å². The van der Waals surface area contributed by atoms with Crippen LogP contribution >= 0.6 is 0 Å². The number of aliphatic hydroxyl groups excluding tert-OH is 1. The van der Waals surface area contributed by atoms with Crippen LogP contribution < -0.4 is 15.1 Å². The molecular formula is C27H34O7. The molecule has 3 aliphatic rings. The van der Waals surface area contributed by atoms with Crippen LogP contribution in [-0.4, -0.2) is 45.3 Å². The van der Waals surface area contributed by atoms with Crippen molar-refractivity contribution in [2.75, 3.05) is 7.11 Å². The predicted octanol–water partition coefficient (Wildman–Crippen LogP) is 3.45. The van der Waals surface area contributed by atoms with Gasteiger partial charge in [-0.3, -0.25) is 0 Å². The summed E-state index contributed by atoms with van der Waals surface area (Å²) >= 11 is 0. The molecule has 5 rings (SSSR count). The number of benzene rings is 1. The van der Waals surface area contributed by atoms with Crippen molar-refractivity contribution >= 4 is 0 Å². The van der Waals surface area contributed by atoms with Crippen LogP contribution in [0.5, 0.6) is 11.5 Å². The standard InChI is InChI=1S/C27H34O7/c1-23(2)11-10-21(28)25(4)26(23,30)13-12-24(3)27(25,31)15-18-20(34-24)14-19(33-22(18)29)16-6-8-17(32-5)9-7-16/h6-9,14,21,28,30-31H,10-13,15H2,1-5H3/t21-,24-,25+,26-,27-/m1/s1. The third-order valence-electron chi connectivity index (χ3n) is 9.54. The Hall–Kier alpha value is -2.35. The highest BCUT2D eigenvalue weighted by molar-refractivity contribution is 5.61. The number of rotatable bonds is 2. The normalized spacial score (nSPS) is 38.2. The molecule has 0 radical (unpaired) electrons. The predicted molar refractivity (Wildman–Crippen MR) is 126 cm³/mol. The zero-order chi connectivity index (χ0) is 24.7. The molecule has 34 heavy (non-hydrogen) atoms. The van der Waals surface area contributed by atoms with Gasteiger partial charge in [0.1, 0.15) is 28.5 Å². The highest BCUT2D eigenvalue weighted by atomic mass is 16.5. The van der Waals surface area contributed by atoms with Crippen LogP contribution in [0.1, 0.15) is 58.9 Å². The monoisotopic (exact) mass is 470 g/mol. The fourth-order valence-electron chi connectivity index (χ4n) is 7.01. The van der Waals surface area contributed by atoms with E-state index in [-0.39, 0.29) is 12.0 Å². The topological polar surface area (TPSA) is 109 Å². The second-order valence-corrected chi connectivity index (χ2v) is 11.3. The number of hydrogen-bond acceptors (Lipinski definition) is 7. The van der Waals surface area contributed by atoms with Gasteiger partial charge in [-0.25, -0.2) is 4.79 Å². The van der Waals surface area contributed by atoms with E-state index in [0.717, 1.165) is 0 Å². The summed E-state index contributed by atoms with van der Waals surface area (Å²) in [6, 6.07) is 8.85. The lowest BCUT2D eigenvalue weighted by Crippen LogP contribution is -2.83. The van der Waals surface area contributed by atoms with Gasteiger partial charge in [0.15, 0.2) is 0 Å². The highest BCUT2D eigenvalue weighted by Crippen LogP contribution is 2.67. The number of methoxy groups -OCH3 is 1. The summed E-state index contributed by atoms with van der Waals surface area (Å²) in [4.78, 5) is 13.1. The summed E-state index contributed by atoms with van der Waals surface area (Å²) < 4.78 is 17.3. The Labute approximate surface area is 199 Å². The van der Waals surface area contributed by atoms with Crippen LogP contribution in [0.25, 0.3) is 11.3 Å². The molecular weight excluding hydrogens is 436 g/mol. The quantitative estimate of drug-likeness (QED) is 0.617. The molecule has 2 saturated carbocycles. The van der Waals surface area contributed by atoms with Gasteiger partial charge in [0.2, 0.25) is 0 Å². The van der Waals surface area contributed by atoms with Crippen molar-refractivity contribution in [3.8, 4) is 22.8 Å². The summed E-state index contributed by atoms with van der Waals surface area (Å²) in [6.45, 7) is 7.53. The molecule has 184 valence electrons. The summed E-state index contributed by atoms with van der Waals surface area (Å²) in [5, 5.41) is 35.6. The Morgan fingerprint density at radius 1 is 1.00 bits per heavy atom. The van der Waals surface area contributed by atoms with Crippen LogP contribution in [0, 0.1) is 10.8 Å². The van der Waals surface area contributed by atoms with Gasteiger partial charge in [0.25, 0.3) is 0 Å². The molecule has 0 unspecified atom stereocenters. The molecule has 2 aromatic rings. The Balaban J connectivity index is 1.64. The second kappa shape index (κ2) is 7.09. The largest absolute Gasteiger partial charge is 0.497 e. The second-order valence-electron chi connectivity index (χ2n) is 11.3. The van der Waals surface area contributed by atoms with Crippen molar-refractivity contribution in [2.24, 2.45) is 10.8 Å². The SMILES string of the molecule is COc1ccc(-c2cc3c(c(=O)o2)C[C@]2(O)[C@@]4(C)[C@H](O)CCC(C)(C)[C@]4(O)CC[C@@]2(C)O3)cc1. The van der Waals surface area contributed by atoms with Crippen molar-refractivity contribution < 1.29 is 29.2 Å². The maximum Gasteiger partial charge on any atom is 0.343 e. The van der Waals surface area contributed by atoms with E-state index in [9.17, 15) is 20.1 Å². The van der Waals surface area contributed by atoms with E-state index in [1.54, 1.807) is 44.4 Å². The molecule has 2 fully saturated rings. The number of fused-ring (bicyclic) bond motifs is 4. The number of ether oxygens (including phenoxy) is 2. The van der Waals surface area contributed by atoms with Gasteiger partial charge >= 0.3 is 5.63 Å². The molecule has 3 N–H and O–H groups in total.